The largest absolute Gasteiger partial charge is 0.464 e. The molecule has 0 heterocycles. The van der Waals surface area contributed by atoms with E-state index in [9.17, 15) is 18.0 Å². The fourth-order valence-electron chi connectivity index (χ4n) is 2.81. The van der Waals surface area contributed by atoms with Crippen LogP contribution in [0, 0.1) is 0 Å². The van der Waals surface area contributed by atoms with Crippen LogP contribution in [0.15, 0.2) is 52.9 Å². The van der Waals surface area contributed by atoms with Gasteiger partial charge in [-0.15, -0.1) is 0 Å². The number of nitrogens with two attached hydrogens (primary N) is 1. The number of benzene rings is 2. The van der Waals surface area contributed by atoms with Gasteiger partial charge in [0.05, 0.1) is 12.7 Å². The van der Waals surface area contributed by atoms with Crippen LogP contribution in [0.4, 0.5) is 13.2 Å². The first kappa shape index (κ1) is 22.5. The Hall–Kier alpha value is -2.78. The van der Waals surface area contributed by atoms with Crippen molar-refractivity contribution in [1.29, 1.82) is 0 Å². The number of alkyl halides is 3. The Labute approximate surface area is 170 Å². The number of esters is 1. The first-order valence-corrected chi connectivity index (χ1v) is 9.47. The van der Waals surface area contributed by atoms with Crippen molar-refractivity contribution in [3.05, 3.63) is 70.8 Å². The van der Waals surface area contributed by atoms with Crippen molar-refractivity contribution >= 4 is 35.0 Å². The highest BCUT2D eigenvalue weighted by molar-refractivity contribution is 7.97. The number of carbonyl (C=O) groups excluding carboxylic acids is 1. The zero-order chi connectivity index (χ0) is 21.6. The Morgan fingerprint density at radius 1 is 1.03 bits per heavy atom. The van der Waals surface area contributed by atoms with E-state index in [0.29, 0.717) is 11.1 Å². The number of rotatable bonds is 6. The van der Waals surface area contributed by atoms with Crippen molar-refractivity contribution in [2.24, 2.45) is 10.3 Å². The topological polar surface area (TPSA) is 73.9 Å². The quantitative estimate of drug-likeness (QED) is 0.181. The molecular weight excluding hydrogens is 405 g/mol. The van der Waals surface area contributed by atoms with E-state index in [1.165, 1.54) is 32.2 Å². The molecule has 2 N–H and O–H groups in total. The zero-order valence-corrected chi connectivity index (χ0v) is 16.7. The molecule has 0 unspecified atom stereocenters. The molecule has 0 radical (unpaired) electrons. The number of hydrogen-bond acceptors (Lipinski definition) is 6. The van der Waals surface area contributed by atoms with E-state index in [2.05, 4.69) is 4.40 Å². The van der Waals surface area contributed by atoms with Gasteiger partial charge in [-0.2, -0.15) is 19.1 Å². The monoisotopic (exact) mass is 424 g/mol. The number of halogens is 3. The second kappa shape index (κ2) is 9.62. The molecule has 0 aromatic heterocycles. The van der Waals surface area contributed by atoms with Gasteiger partial charge in [0.15, 0.2) is 11.5 Å². The molecule has 0 saturated heterocycles. The Kier molecular flexibility index (Phi) is 7.46. The molecule has 29 heavy (non-hydrogen) atoms. The summed E-state index contributed by atoms with van der Waals surface area (Å²) in [7, 11) is 1.21. The van der Waals surface area contributed by atoms with Crippen LogP contribution in [-0.4, -0.2) is 25.0 Å². The summed E-state index contributed by atoms with van der Waals surface area (Å²) < 4.78 is 49.2. The molecule has 0 aliphatic carbocycles. The van der Waals surface area contributed by atoms with Gasteiger partial charge in [0.2, 0.25) is 0 Å². The summed E-state index contributed by atoms with van der Waals surface area (Å²) in [6.07, 6.45) is -2.90. The minimum absolute atomic E-state index is 0.0120. The highest BCUT2D eigenvalue weighted by Crippen LogP contribution is 2.37. The number of ether oxygens (including phenoxy) is 1. The van der Waals surface area contributed by atoms with E-state index in [-0.39, 0.29) is 22.6 Å². The van der Waals surface area contributed by atoms with E-state index in [1.807, 2.05) is 0 Å². The van der Waals surface area contributed by atoms with Gasteiger partial charge < -0.3 is 9.57 Å². The normalized spacial score (nSPS) is 13.0. The van der Waals surface area contributed by atoms with Crippen molar-refractivity contribution < 1.29 is 27.5 Å². The van der Waals surface area contributed by atoms with Crippen LogP contribution in [0.25, 0.3) is 11.3 Å². The van der Waals surface area contributed by atoms with Crippen molar-refractivity contribution in [3.8, 4) is 0 Å². The highest BCUT2D eigenvalue weighted by Gasteiger charge is 2.34. The summed E-state index contributed by atoms with van der Waals surface area (Å²) in [4.78, 5) is 17.2. The van der Waals surface area contributed by atoms with Crippen LogP contribution < -0.4 is 5.90 Å². The summed E-state index contributed by atoms with van der Waals surface area (Å²) in [5, 5.41) is 0. The van der Waals surface area contributed by atoms with Crippen molar-refractivity contribution in [3.63, 3.8) is 0 Å². The lowest BCUT2D eigenvalue weighted by molar-refractivity contribution is -0.137. The minimum atomic E-state index is -4.56. The summed E-state index contributed by atoms with van der Waals surface area (Å²) >= 11 is 1.04. The van der Waals surface area contributed by atoms with Crippen LogP contribution in [0.2, 0.25) is 0 Å². The number of hydrogen-bond donors (Lipinski definition) is 1. The molecule has 2 aromatic rings. The van der Waals surface area contributed by atoms with E-state index < -0.39 is 17.7 Å². The molecule has 2 aromatic carbocycles. The first-order chi connectivity index (χ1) is 13.8. The molecule has 0 fully saturated rings. The maximum Gasteiger partial charge on any atom is 0.416 e. The molecule has 9 heteroatoms. The van der Waals surface area contributed by atoms with E-state index >= 15 is 0 Å². The van der Waals surface area contributed by atoms with Crippen LogP contribution in [0.5, 0.6) is 0 Å². The first-order valence-electron chi connectivity index (χ1n) is 8.29. The SMILES string of the molecule is COC(=O)C(=NSC)c1ccccc1/C(ON)=C(/C)c1ccccc1C(F)(F)F. The van der Waals surface area contributed by atoms with Gasteiger partial charge >= 0.3 is 12.1 Å². The third kappa shape index (κ3) is 4.99. The third-order valence-electron chi connectivity index (χ3n) is 4.08. The number of nitrogens with zero attached hydrogens (tertiary/aromatic N) is 1. The average Bonchev–Trinajstić information content (AvgIpc) is 2.72. The number of allylic oxidation sites excluding steroid dienone is 1. The minimum Gasteiger partial charge on any atom is -0.464 e. The van der Waals surface area contributed by atoms with Gasteiger partial charge in [-0.25, -0.2) is 9.19 Å². The Morgan fingerprint density at radius 3 is 2.10 bits per heavy atom. The van der Waals surface area contributed by atoms with E-state index in [1.54, 1.807) is 30.5 Å². The lowest BCUT2D eigenvalue weighted by Crippen LogP contribution is -2.19. The van der Waals surface area contributed by atoms with Gasteiger partial charge in [0.1, 0.15) is 0 Å². The predicted octanol–water partition coefficient (Wildman–Crippen LogP) is 4.72. The summed E-state index contributed by atoms with van der Waals surface area (Å²) in [6, 6.07) is 11.6. The maximum absolute atomic E-state index is 13.5. The van der Waals surface area contributed by atoms with Crippen molar-refractivity contribution in [2.45, 2.75) is 13.1 Å². The van der Waals surface area contributed by atoms with Gasteiger partial charge in [-0.3, -0.25) is 0 Å². The molecular formula is C20H19F3N2O3S. The standard InChI is InChI=1S/C20H19F3N2O3S/c1-12(13-8-6-7-11-16(13)20(21,22)23)18(28-24)15-10-5-4-9-14(15)17(25-29-3)19(26)27-2/h4-11H,24H2,1-3H3/b18-12+,25-17?. The maximum atomic E-state index is 13.5. The fourth-order valence-corrected chi connectivity index (χ4v) is 3.16. The molecule has 0 spiro atoms. The van der Waals surface area contributed by atoms with Crippen molar-refractivity contribution in [1.82, 2.24) is 0 Å². The molecule has 0 saturated carbocycles. The summed E-state index contributed by atoms with van der Waals surface area (Å²) in [5.74, 6) is 4.74. The predicted molar refractivity (Wildman–Crippen MR) is 108 cm³/mol. The number of carbonyl (C=O) groups is 1. The second-order valence-corrected chi connectivity index (χ2v) is 6.32. The zero-order valence-electron chi connectivity index (χ0n) is 15.9. The third-order valence-corrected chi connectivity index (χ3v) is 4.45. The van der Waals surface area contributed by atoms with Crippen LogP contribution in [0.3, 0.4) is 0 Å². The van der Waals surface area contributed by atoms with Gasteiger partial charge in [0, 0.05) is 23.0 Å². The molecule has 0 aliphatic rings. The average molecular weight is 424 g/mol. The smallest absolute Gasteiger partial charge is 0.416 e. The van der Waals surface area contributed by atoms with Crippen molar-refractivity contribution in [2.75, 3.05) is 13.4 Å². The molecule has 0 bridgehead atoms. The van der Waals surface area contributed by atoms with Crippen LogP contribution in [-0.2, 0) is 20.5 Å². The molecule has 0 aliphatic heterocycles. The van der Waals surface area contributed by atoms with E-state index in [0.717, 1.165) is 18.0 Å². The molecule has 0 atom stereocenters. The fraction of sp³-hybridized carbons (Fsp3) is 0.200. The molecule has 0 amide bonds. The van der Waals surface area contributed by atoms with Gasteiger partial charge in [-0.05, 0) is 30.5 Å². The lowest BCUT2D eigenvalue weighted by Gasteiger charge is -2.18. The molecule has 5 nitrogen and oxygen atoms in total. The second-order valence-electron chi connectivity index (χ2n) is 5.77. The Bertz CT molecular complexity index is 956. The highest BCUT2D eigenvalue weighted by atomic mass is 32.2. The summed E-state index contributed by atoms with van der Waals surface area (Å²) in [6.45, 7) is 1.47. The van der Waals surface area contributed by atoms with Gasteiger partial charge in [0.25, 0.3) is 0 Å². The lowest BCUT2D eigenvalue weighted by atomic mass is 9.94. The molecule has 2 rings (SSSR count). The number of methoxy groups -OCH3 is 1. The van der Waals surface area contributed by atoms with E-state index in [4.69, 9.17) is 15.5 Å². The Balaban J connectivity index is 2.77. The van der Waals surface area contributed by atoms with Gasteiger partial charge in [-0.1, -0.05) is 42.5 Å². The van der Waals surface area contributed by atoms with Crippen LogP contribution >= 0.6 is 11.9 Å². The van der Waals surface area contributed by atoms with Crippen LogP contribution in [0.1, 0.15) is 29.2 Å². The molecule has 154 valence electrons. The summed E-state index contributed by atoms with van der Waals surface area (Å²) in [5.41, 5.74) is -0.142. The Morgan fingerprint density at radius 2 is 1.59 bits per heavy atom.